The molecule has 8 nitrogen and oxygen atoms in total. The number of allylic oxidation sites excluding steroid dienone is 1. The monoisotopic (exact) mass is 565 g/mol. The van der Waals surface area contributed by atoms with Crippen molar-refractivity contribution in [2.75, 3.05) is 20.3 Å². The molecule has 10 heteroatoms. The van der Waals surface area contributed by atoms with Crippen molar-refractivity contribution < 1.29 is 37.7 Å². The molecule has 0 radical (unpaired) electrons. The molecule has 3 aromatic rings. The molecule has 1 aromatic heterocycles. The lowest BCUT2D eigenvalue weighted by molar-refractivity contribution is -0.114. The number of nitrogens with zero attached hydrogens (tertiary/aromatic N) is 1. The third-order valence-corrected chi connectivity index (χ3v) is 6.98. The van der Waals surface area contributed by atoms with E-state index < -0.39 is 17.7 Å². The largest absolute Gasteiger partial charge is 0.493 e. The normalized spacial score (nSPS) is 10.9. The molecule has 0 bridgehead atoms. The van der Waals surface area contributed by atoms with Gasteiger partial charge in [-0.1, -0.05) is 18.2 Å². The van der Waals surface area contributed by atoms with Gasteiger partial charge in [0.25, 0.3) is 0 Å². The first-order valence-corrected chi connectivity index (χ1v) is 13.2. The number of methoxy groups -OCH3 is 1. The van der Waals surface area contributed by atoms with Crippen molar-refractivity contribution in [2.45, 2.75) is 33.8 Å². The number of rotatable bonds is 12. The van der Waals surface area contributed by atoms with E-state index in [0.717, 1.165) is 16.9 Å². The topological polar surface area (TPSA) is 112 Å². The van der Waals surface area contributed by atoms with Crippen LogP contribution in [0.5, 0.6) is 11.5 Å². The minimum absolute atomic E-state index is 0.116. The third-order valence-electron chi connectivity index (χ3n) is 5.71. The van der Waals surface area contributed by atoms with Gasteiger partial charge in [-0.2, -0.15) is 5.26 Å². The van der Waals surface area contributed by atoms with Crippen LogP contribution in [-0.2, 0) is 27.3 Å². The summed E-state index contributed by atoms with van der Waals surface area (Å²) >= 11 is 0.973. The van der Waals surface area contributed by atoms with E-state index in [1.165, 1.54) is 25.3 Å². The molecule has 0 amide bonds. The molecule has 0 saturated heterocycles. The van der Waals surface area contributed by atoms with Gasteiger partial charge < -0.3 is 18.9 Å². The molecule has 0 saturated carbocycles. The van der Waals surface area contributed by atoms with Crippen LogP contribution >= 0.6 is 11.3 Å². The Balaban J connectivity index is 1.85. The van der Waals surface area contributed by atoms with Gasteiger partial charge in [0, 0.05) is 11.3 Å². The van der Waals surface area contributed by atoms with Gasteiger partial charge in [-0.15, -0.1) is 11.3 Å². The molecular weight excluding hydrogens is 537 g/mol. The van der Waals surface area contributed by atoms with Crippen molar-refractivity contribution >= 4 is 35.1 Å². The van der Waals surface area contributed by atoms with E-state index in [1.807, 2.05) is 6.07 Å². The van der Waals surface area contributed by atoms with Gasteiger partial charge in [-0.25, -0.2) is 14.0 Å². The number of benzene rings is 2. The maximum atomic E-state index is 13.2. The highest BCUT2D eigenvalue weighted by Crippen LogP contribution is 2.32. The summed E-state index contributed by atoms with van der Waals surface area (Å²) in [4.78, 5) is 38.7. The molecule has 0 spiro atoms. The Morgan fingerprint density at radius 1 is 1.00 bits per heavy atom. The van der Waals surface area contributed by atoms with Crippen molar-refractivity contribution in [2.24, 2.45) is 0 Å². The molecule has 0 aliphatic rings. The zero-order valence-corrected chi connectivity index (χ0v) is 23.4. The summed E-state index contributed by atoms with van der Waals surface area (Å²) in [6.45, 7) is 5.37. The SMILES string of the molecule is CCOC(=O)c1sc(CC(=O)C(C#N)=Cc2ccc(OCc3ccc(F)cc3)c(OC)c2)c(C(=O)OCC)c1C. The van der Waals surface area contributed by atoms with Crippen molar-refractivity contribution in [3.05, 3.63) is 85.9 Å². The van der Waals surface area contributed by atoms with Gasteiger partial charge in [0.05, 0.1) is 31.5 Å². The van der Waals surface area contributed by atoms with Crippen LogP contribution in [0.1, 0.15) is 55.4 Å². The summed E-state index contributed by atoms with van der Waals surface area (Å²) < 4.78 is 34.6. The van der Waals surface area contributed by atoms with Crippen molar-refractivity contribution in [3.63, 3.8) is 0 Å². The number of ether oxygens (including phenoxy) is 4. The minimum atomic E-state index is -0.655. The number of thiophene rings is 1. The number of hydrogen-bond donors (Lipinski definition) is 0. The van der Waals surface area contributed by atoms with Gasteiger partial charge in [0.15, 0.2) is 17.3 Å². The van der Waals surface area contributed by atoms with E-state index in [9.17, 15) is 24.0 Å². The predicted octanol–water partition coefficient (Wildman–Crippen LogP) is 5.86. The Bertz CT molecular complexity index is 1470. The zero-order valence-electron chi connectivity index (χ0n) is 22.5. The van der Waals surface area contributed by atoms with Crippen molar-refractivity contribution in [1.29, 1.82) is 5.26 Å². The van der Waals surface area contributed by atoms with E-state index in [2.05, 4.69) is 0 Å². The third kappa shape index (κ3) is 7.33. The number of hydrogen-bond acceptors (Lipinski definition) is 9. The van der Waals surface area contributed by atoms with Crippen LogP contribution < -0.4 is 9.47 Å². The van der Waals surface area contributed by atoms with E-state index in [1.54, 1.807) is 51.1 Å². The molecular formula is C30H28FNO7S. The Morgan fingerprint density at radius 3 is 2.30 bits per heavy atom. The summed E-state index contributed by atoms with van der Waals surface area (Å²) in [6, 6.07) is 12.7. The van der Waals surface area contributed by atoms with E-state index in [0.29, 0.717) is 27.5 Å². The highest BCUT2D eigenvalue weighted by molar-refractivity contribution is 7.14. The van der Waals surface area contributed by atoms with E-state index in [-0.39, 0.29) is 48.1 Å². The molecule has 0 N–H and O–H groups in total. The molecule has 3 rings (SSSR count). The van der Waals surface area contributed by atoms with Gasteiger partial charge in [-0.05, 0) is 67.8 Å². The van der Waals surface area contributed by atoms with Crippen LogP contribution in [-0.4, -0.2) is 38.0 Å². The Hall–Kier alpha value is -4.49. The van der Waals surface area contributed by atoms with Crippen LogP contribution in [0.3, 0.4) is 0 Å². The molecule has 40 heavy (non-hydrogen) atoms. The molecule has 0 aliphatic heterocycles. The lowest BCUT2D eigenvalue weighted by Crippen LogP contribution is -2.12. The van der Waals surface area contributed by atoms with Crippen LogP contribution in [0.2, 0.25) is 0 Å². The maximum absolute atomic E-state index is 13.2. The van der Waals surface area contributed by atoms with Crippen LogP contribution in [0.15, 0.2) is 48.0 Å². The molecule has 0 aliphatic carbocycles. The molecule has 208 valence electrons. The Labute approximate surface area is 235 Å². The standard InChI is InChI=1S/C30H28FNO7S/c1-5-37-29(34)27-18(3)28(30(35)38-6-2)40-26(27)15-23(33)21(16-32)13-20-9-12-24(25(14-20)36-4)39-17-19-7-10-22(31)11-8-19/h7-14H,5-6,15,17H2,1-4H3. The number of carbonyl (C=O) groups is 3. The van der Waals surface area contributed by atoms with Gasteiger partial charge in [0.1, 0.15) is 23.4 Å². The van der Waals surface area contributed by atoms with E-state index >= 15 is 0 Å². The molecule has 0 atom stereocenters. The maximum Gasteiger partial charge on any atom is 0.348 e. The number of halogens is 1. The second-order valence-electron chi connectivity index (χ2n) is 8.39. The van der Waals surface area contributed by atoms with Gasteiger partial charge in [-0.3, -0.25) is 4.79 Å². The molecule has 2 aromatic carbocycles. The minimum Gasteiger partial charge on any atom is -0.493 e. The van der Waals surface area contributed by atoms with Crippen molar-refractivity contribution in [1.82, 2.24) is 0 Å². The second kappa shape index (κ2) is 14.1. The smallest absolute Gasteiger partial charge is 0.348 e. The summed E-state index contributed by atoms with van der Waals surface area (Å²) in [5.74, 6) is -1.34. The summed E-state index contributed by atoms with van der Waals surface area (Å²) in [5.41, 5.74) is 1.62. The summed E-state index contributed by atoms with van der Waals surface area (Å²) in [7, 11) is 1.46. The number of esters is 2. The van der Waals surface area contributed by atoms with Crippen LogP contribution in [0, 0.1) is 24.1 Å². The highest BCUT2D eigenvalue weighted by Gasteiger charge is 2.28. The number of ketones is 1. The lowest BCUT2D eigenvalue weighted by Gasteiger charge is -2.11. The number of Topliss-reactive ketones (excluding diaryl/α,β-unsaturated/α-hetero) is 1. The molecule has 1 heterocycles. The fraction of sp³-hybridized carbons (Fsp3) is 0.267. The van der Waals surface area contributed by atoms with Gasteiger partial charge in [0.2, 0.25) is 0 Å². The summed E-state index contributed by atoms with van der Waals surface area (Å²) in [6.07, 6.45) is 1.12. The Morgan fingerprint density at radius 2 is 1.68 bits per heavy atom. The van der Waals surface area contributed by atoms with Crippen LogP contribution in [0.25, 0.3) is 6.08 Å². The zero-order chi connectivity index (χ0) is 29.2. The average molecular weight is 566 g/mol. The lowest BCUT2D eigenvalue weighted by atomic mass is 10.0. The first-order chi connectivity index (χ1) is 19.2. The quantitative estimate of drug-likeness (QED) is 0.153. The number of carbonyl (C=O) groups excluding carboxylic acids is 3. The second-order valence-corrected chi connectivity index (χ2v) is 9.50. The Kier molecular flexibility index (Phi) is 10.6. The predicted molar refractivity (Wildman–Crippen MR) is 147 cm³/mol. The highest BCUT2D eigenvalue weighted by atomic mass is 32.1. The number of nitriles is 1. The first-order valence-electron chi connectivity index (χ1n) is 12.4. The molecule has 0 unspecified atom stereocenters. The van der Waals surface area contributed by atoms with Crippen molar-refractivity contribution in [3.8, 4) is 17.6 Å². The van der Waals surface area contributed by atoms with Crippen LogP contribution in [0.4, 0.5) is 4.39 Å². The fourth-order valence-corrected chi connectivity index (χ4v) is 4.96. The van der Waals surface area contributed by atoms with E-state index in [4.69, 9.17) is 18.9 Å². The van der Waals surface area contributed by atoms with Gasteiger partial charge >= 0.3 is 11.9 Å². The average Bonchev–Trinajstić information content (AvgIpc) is 3.27. The fourth-order valence-electron chi connectivity index (χ4n) is 3.78. The first kappa shape index (κ1) is 30.1. The summed E-state index contributed by atoms with van der Waals surface area (Å²) in [5, 5.41) is 9.74. The molecule has 0 fully saturated rings.